The molecule has 1 aromatic heterocycles. The summed E-state index contributed by atoms with van der Waals surface area (Å²) >= 11 is 1.95. The van der Waals surface area contributed by atoms with Crippen LogP contribution in [0.15, 0.2) is 11.4 Å². The number of hydrogen-bond donors (Lipinski definition) is 1. The summed E-state index contributed by atoms with van der Waals surface area (Å²) in [7, 11) is 2.34. The van der Waals surface area contributed by atoms with Gasteiger partial charge in [0.1, 0.15) is 0 Å². The highest BCUT2D eigenvalue weighted by Crippen LogP contribution is 2.43. The molecule has 0 amide bonds. The van der Waals surface area contributed by atoms with E-state index in [9.17, 15) is 0 Å². The largest absolute Gasteiger partial charge is 0.309 e. The Balaban J connectivity index is 1.78. The zero-order valence-electron chi connectivity index (χ0n) is 13.1. The van der Waals surface area contributed by atoms with Gasteiger partial charge in [-0.25, -0.2) is 0 Å². The highest BCUT2D eigenvalue weighted by molar-refractivity contribution is 7.10. The first kappa shape index (κ1) is 14.6. The number of nitrogens with zero attached hydrogens (tertiary/aromatic N) is 1. The SMILES string of the molecule is CCCNC(c1sccc1C)C1CC2CCC(C1)N2C. The summed E-state index contributed by atoms with van der Waals surface area (Å²) < 4.78 is 0. The van der Waals surface area contributed by atoms with E-state index >= 15 is 0 Å². The van der Waals surface area contributed by atoms with Gasteiger partial charge in [0.15, 0.2) is 0 Å². The van der Waals surface area contributed by atoms with Crippen LogP contribution >= 0.6 is 11.3 Å². The fraction of sp³-hybridized carbons (Fsp3) is 0.765. The Bertz CT molecular complexity index is 428. The van der Waals surface area contributed by atoms with Gasteiger partial charge in [-0.3, -0.25) is 0 Å². The van der Waals surface area contributed by atoms with Crippen LogP contribution in [0.25, 0.3) is 0 Å². The molecule has 20 heavy (non-hydrogen) atoms. The average molecular weight is 292 g/mol. The van der Waals surface area contributed by atoms with E-state index in [1.807, 2.05) is 11.3 Å². The van der Waals surface area contributed by atoms with Crippen molar-refractivity contribution in [2.45, 2.75) is 64.1 Å². The first-order chi connectivity index (χ1) is 9.70. The van der Waals surface area contributed by atoms with Gasteiger partial charge in [-0.2, -0.15) is 0 Å². The summed E-state index contributed by atoms with van der Waals surface area (Å²) in [4.78, 5) is 4.24. The molecule has 1 aromatic rings. The molecule has 2 saturated heterocycles. The summed E-state index contributed by atoms with van der Waals surface area (Å²) in [5.41, 5.74) is 1.48. The van der Waals surface area contributed by atoms with Crippen molar-refractivity contribution in [3.8, 4) is 0 Å². The number of nitrogens with one attached hydrogen (secondary N) is 1. The Kier molecular flexibility index (Phi) is 4.49. The molecular weight excluding hydrogens is 264 g/mol. The van der Waals surface area contributed by atoms with Crippen LogP contribution in [0, 0.1) is 12.8 Å². The highest BCUT2D eigenvalue weighted by atomic mass is 32.1. The van der Waals surface area contributed by atoms with Crippen LogP contribution in [-0.4, -0.2) is 30.6 Å². The maximum atomic E-state index is 3.86. The molecule has 2 bridgehead atoms. The third-order valence-corrected chi connectivity index (χ3v) is 6.51. The third-order valence-electron chi connectivity index (χ3n) is 5.40. The molecule has 1 N–H and O–H groups in total. The van der Waals surface area contributed by atoms with Gasteiger partial charge in [0.25, 0.3) is 0 Å². The predicted molar refractivity (Wildman–Crippen MR) is 87.4 cm³/mol. The number of aryl methyl sites for hydroxylation is 1. The normalized spacial score (nSPS) is 31.6. The van der Waals surface area contributed by atoms with E-state index in [0.717, 1.165) is 24.5 Å². The van der Waals surface area contributed by atoms with E-state index in [1.54, 1.807) is 4.88 Å². The van der Waals surface area contributed by atoms with Crippen LogP contribution in [0.4, 0.5) is 0 Å². The molecular formula is C17H28N2S. The van der Waals surface area contributed by atoms with E-state index < -0.39 is 0 Å². The Morgan fingerprint density at radius 1 is 1.35 bits per heavy atom. The first-order valence-corrected chi connectivity index (χ1v) is 9.08. The Hall–Kier alpha value is -0.380. The fourth-order valence-corrected chi connectivity index (χ4v) is 5.30. The van der Waals surface area contributed by atoms with Crippen molar-refractivity contribution in [3.05, 3.63) is 21.9 Å². The minimum absolute atomic E-state index is 0.590. The number of rotatable bonds is 5. The van der Waals surface area contributed by atoms with E-state index in [1.165, 1.54) is 37.7 Å². The summed E-state index contributed by atoms with van der Waals surface area (Å²) in [6.45, 7) is 5.68. The van der Waals surface area contributed by atoms with Crippen molar-refractivity contribution in [2.24, 2.45) is 5.92 Å². The lowest BCUT2D eigenvalue weighted by molar-refractivity contribution is 0.113. The van der Waals surface area contributed by atoms with Crippen molar-refractivity contribution in [1.82, 2.24) is 10.2 Å². The van der Waals surface area contributed by atoms with Crippen LogP contribution in [-0.2, 0) is 0 Å². The van der Waals surface area contributed by atoms with Gasteiger partial charge in [0.05, 0.1) is 0 Å². The number of thiophene rings is 1. The Morgan fingerprint density at radius 3 is 2.60 bits per heavy atom. The smallest absolute Gasteiger partial charge is 0.0447 e. The van der Waals surface area contributed by atoms with Crippen LogP contribution in [0.5, 0.6) is 0 Å². The molecule has 2 aliphatic rings. The molecule has 3 heteroatoms. The van der Waals surface area contributed by atoms with E-state index in [0.29, 0.717) is 6.04 Å². The molecule has 0 aromatic carbocycles. The molecule has 0 aliphatic carbocycles. The molecule has 3 atom stereocenters. The van der Waals surface area contributed by atoms with Gasteiger partial charge >= 0.3 is 0 Å². The van der Waals surface area contributed by atoms with Crippen molar-refractivity contribution >= 4 is 11.3 Å². The standard InChI is InChI=1S/C17H28N2S/c1-4-8-18-16(17-12(2)7-9-20-17)13-10-14-5-6-15(11-13)19(14)3/h7,9,13-16,18H,4-6,8,10-11H2,1-3H3. The Labute approximate surface area is 127 Å². The lowest BCUT2D eigenvalue weighted by Gasteiger charge is -2.40. The van der Waals surface area contributed by atoms with Crippen LogP contribution < -0.4 is 5.32 Å². The molecule has 2 nitrogen and oxygen atoms in total. The second-order valence-corrected chi connectivity index (χ2v) is 7.63. The summed E-state index contributed by atoms with van der Waals surface area (Å²) in [6, 6.07) is 4.55. The number of piperidine rings is 1. The maximum absolute atomic E-state index is 3.86. The first-order valence-electron chi connectivity index (χ1n) is 8.20. The molecule has 2 fully saturated rings. The average Bonchev–Trinajstić information content (AvgIpc) is 2.92. The molecule has 3 heterocycles. The molecule has 0 saturated carbocycles. The van der Waals surface area contributed by atoms with Crippen LogP contribution in [0.1, 0.15) is 55.5 Å². The predicted octanol–water partition coefficient (Wildman–Crippen LogP) is 3.97. The number of hydrogen-bond acceptors (Lipinski definition) is 3. The lowest BCUT2D eigenvalue weighted by atomic mass is 9.83. The minimum Gasteiger partial charge on any atom is -0.309 e. The van der Waals surface area contributed by atoms with Crippen molar-refractivity contribution < 1.29 is 0 Å². The van der Waals surface area contributed by atoms with Gasteiger partial charge in [0.2, 0.25) is 0 Å². The van der Waals surface area contributed by atoms with Crippen LogP contribution in [0.3, 0.4) is 0 Å². The monoisotopic (exact) mass is 292 g/mol. The molecule has 0 spiro atoms. The molecule has 2 aliphatic heterocycles. The Morgan fingerprint density at radius 2 is 2.05 bits per heavy atom. The van der Waals surface area contributed by atoms with Gasteiger partial charge in [0, 0.05) is 23.0 Å². The second kappa shape index (κ2) is 6.17. The van der Waals surface area contributed by atoms with Gasteiger partial charge in [-0.1, -0.05) is 6.92 Å². The van der Waals surface area contributed by atoms with Gasteiger partial charge < -0.3 is 10.2 Å². The summed E-state index contributed by atoms with van der Waals surface area (Å²) in [5.74, 6) is 0.826. The van der Waals surface area contributed by atoms with Crippen molar-refractivity contribution in [3.63, 3.8) is 0 Å². The van der Waals surface area contributed by atoms with Crippen LogP contribution in [0.2, 0.25) is 0 Å². The summed E-state index contributed by atoms with van der Waals surface area (Å²) in [6.07, 6.45) is 6.82. The third kappa shape index (κ3) is 2.68. The molecule has 0 radical (unpaired) electrons. The highest BCUT2D eigenvalue weighted by Gasteiger charge is 2.41. The van der Waals surface area contributed by atoms with E-state index in [-0.39, 0.29) is 0 Å². The number of fused-ring (bicyclic) bond motifs is 2. The van der Waals surface area contributed by atoms with Gasteiger partial charge in [-0.05, 0) is 75.5 Å². The quantitative estimate of drug-likeness (QED) is 0.883. The van der Waals surface area contributed by atoms with E-state index in [2.05, 4.69) is 42.6 Å². The zero-order chi connectivity index (χ0) is 14.1. The maximum Gasteiger partial charge on any atom is 0.0447 e. The molecule has 3 rings (SSSR count). The van der Waals surface area contributed by atoms with Crippen molar-refractivity contribution in [2.75, 3.05) is 13.6 Å². The second-order valence-electron chi connectivity index (χ2n) is 6.68. The topological polar surface area (TPSA) is 15.3 Å². The van der Waals surface area contributed by atoms with Crippen molar-refractivity contribution in [1.29, 1.82) is 0 Å². The zero-order valence-corrected chi connectivity index (χ0v) is 13.9. The van der Waals surface area contributed by atoms with Gasteiger partial charge in [-0.15, -0.1) is 11.3 Å². The summed E-state index contributed by atoms with van der Waals surface area (Å²) in [5, 5.41) is 6.12. The van der Waals surface area contributed by atoms with E-state index in [4.69, 9.17) is 0 Å². The lowest BCUT2D eigenvalue weighted by Crippen LogP contribution is -2.43. The minimum atomic E-state index is 0.590. The fourth-order valence-electron chi connectivity index (χ4n) is 4.20. The molecule has 3 unspecified atom stereocenters. The molecule has 112 valence electrons.